The Morgan fingerprint density at radius 1 is 1.25 bits per heavy atom. The first-order chi connectivity index (χ1) is 11.3. The molecule has 140 valence electrons. The minimum atomic E-state index is -3.99. The lowest BCUT2D eigenvalue weighted by Crippen LogP contribution is -2.53. The molecule has 0 aromatic rings. The van der Waals surface area contributed by atoms with E-state index in [0.29, 0.717) is 25.4 Å². The first-order valence-electron chi connectivity index (χ1n) is 8.66. The van der Waals surface area contributed by atoms with E-state index < -0.39 is 18.9 Å². The third kappa shape index (κ3) is 5.31. The van der Waals surface area contributed by atoms with Crippen molar-refractivity contribution in [2.75, 3.05) is 45.8 Å². The fourth-order valence-corrected chi connectivity index (χ4v) is 3.46. The van der Waals surface area contributed by atoms with Crippen LogP contribution in [0.4, 0.5) is 17.6 Å². The Bertz CT molecular complexity index is 408. The minimum Gasteiger partial charge on any atom is -0.340 e. The number of carbonyl (C=O) groups is 1. The van der Waals surface area contributed by atoms with Crippen molar-refractivity contribution in [3.8, 4) is 0 Å². The predicted molar refractivity (Wildman–Crippen MR) is 83.3 cm³/mol. The highest BCUT2D eigenvalue weighted by atomic mass is 19.3. The van der Waals surface area contributed by atoms with Crippen LogP contribution in [0.3, 0.4) is 0 Å². The van der Waals surface area contributed by atoms with Gasteiger partial charge in [-0.15, -0.1) is 0 Å². The highest BCUT2D eigenvalue weighted by Crippen LogP contribution is 2.25. The van der Waals surface area contributed by atoms with Crippen LogP contribution in [0.5, 0.6) is 0 Å². The average Bonchev–Trinajstić information content (AvgIpc) is 2.55. The van der Waals surface area contributed by atoms with Crippen molar-refractivity contribution in [3.63, 3.8) is 0 Å². The number of carbonyl (C=O) groups excluding carboxylic acids is 1. The molecule has 2 rings (SSSR count). The number of halogens is 4. The maximum atomic E-state index is 13.1. The molecule has 8 heteroatoms. The van der Waals surface area contributed by atoms with Gasteiger partial charge in [-0.2, -0.15) is 8.78 Å². The van der Waals surface area contributed by atoms with Crippen molar-refractivity contribution >= 4 is 5.91 Å². The summed E-state index contributed by atoms with van der Waals surface area (Å²) in [6, 6.07) is 0. The topological polar surface area (TPSA) is 35.6 Å². The Hall–Kier alpha value is -0.890. The lowest BCUT2D eigenvalue weighted by atomic mass is 9.85. The van der Waals surface area contributed by atoms with Gasteiger partial charge in [0.1, 0.15) is 0 Å². The summed E-state index contributed by atoms with van der Waals surface area (Å²) >= 11 is 0. The molecule has 0 aliphatic carbocycles. The number of piperidine rings is 1. The van der Waals surface area contributed by atoms with Crippen LogP contribution in [0.15, 0.2) is 0 Å². The number of hydrogen-bond acceptors (Lipinski definition) is 3. The number of piperazine rings is 1. The second-order valence-corrected chi connectivity index (χ2v) is 7.01. The van der Waals surface area contributed by atoms with Crippen molar-refractivity contribution in [2.24, 2.45) is 11.8 Å². The smallest absolute Gasteiger partial charge is 0.319 e. The standard InChI is InChI=1S/C16H27F4N3O/c1-12(13-3-2-4-21-10-13)9-14(24)23-7-5-22(6-8-23)11-16(19,20)15(17)18/h12-13,15,21H,2-11H2,1H3. The van der Waals surface area contributed by atoms with Crippen LogP contribution in [-0.4, -0.2) is 73.9 Å². The molecule has 2 saturated heterocycles. The molecule has 0 spiro atoms. The zero-order chi connectivity index (χ0) is 17.7. The van der Waals surface area contributed by atoms with Crippen LogP contribution in [0.25, 0.3) is 0 Å². The minimum absolute atomic E-state index is 0.0355. The number of nitrogens with one attached hydrogen (secondary N) is 1. The molecular weight excluding hydrogens is 326 g/mol. The summed E-state index contributed by atoms with van der Waals surface area (Å²) in [5.74, 6) is -3.18. The lowest BCUT2D eigenvalue weighted by molar-refractivity contribution is -0.148. The van der Waals surface area contributed by atoms with Crippen LogP contribution in [0.1, 0.15) is 26.2 Å². The third-order valence-corrected chi connectivity index (χ3v) is 5.12. The summed E-state index contributed by atoms with van der Waals surface area (Å²) < 4.78 is 50.7. The van der Waals surface area contributed by atoms with E-state index >= 15 is 0 Å². The molecule has 2 atom stereocenters. The SMILES string of the molecule is CC(CC(=O)N1CCN(CC(F)(F)C(F)F)CC1)C1CCCNC1. The van der Waals surface area contributed by atoms with Gasteiger partial charge in [0.25, 0.3) is 0 Å². The fraction of sp³-hybridized carbons (Fsp3) is 0.938. The highest BCUT2D eigenvalue weighted by Gasteiger charge is 2.42. The summed E-state index contributed by atoms with van der Waals surface area (Å²) in [6.45, 7) is 4.18. The van der Waals surface area contributed by atoms with Crippen LogP contribution in [-0.2, 0) is 4.79 Å². The van der Waals surface area contributed by atoms with Gasteiger partial charge in [-0.1, -0.05) is 6.92 Å². The van der Waals surface area contributed by atoms with E-state index in [1.807, 2.05) is 0 Å². The molecule has 1 N–H and O–H groups in total. The van der Waals surface area contributed by atoms with Gasteiger partial charge in [0.15, 0.2) is 0 Å². The number of alkyl halides is 4. The van der Waals surface area contributed by atoms with E-state index in [1.165, 1.54) is 4.90 Å². The van der Waals surface area contributed by atoms with E-state index in [1.54, 1.807) is 4.90 Å². The summed E-state index contributed by atoms with van der Waals surface area (Å²) in [5.41, 5.74) is 0. The molecule has 24 heavy (non-hydrogen) atoms. The van der Waals surface area contributed by atoms with E-state index in [9.17, 15) is 22.4 Å². The molecule has 4 nitrogen and oxygen atoms in total. The molecular formula is C16H27F4N3O. The Kier molecular flexibility index (Phi) is 6.86. The van der Waals surface area contributed by atoms with Crippen molar-refractivity contribution < 1.29 is 22.4 Å². The van der Waals surface area contributed by atoms with Crippen molar-refractivity contribution in [1.29, 1.82) is 0 Å². The van der Waals surface area contributed by atoms with Gasteiger partial charge in [-0.05, 0) is 37.8 Å². The van der Waals surface area contributed by atoms with E-state index in [-0.39, 0.29) is 24.9 Å². The van der Waals surface area contributed by atoms with E-state index in [2.05, 4.69) is 12.2 Å². The molecule has 1 amide bonds. The molecule has 2 aliphatic rings. The fourth-order valence-electron chi connectivity index (χ4n) is 3.46. The largest absolute Gasteiger partial charge is 0.340 e. The number of hydrogen-bond donors (Lipinski definition) is 1. The van der Waals surface area contributed by atoms with Crippen molar-refractivity contribution in [1.82, 2.24) is 15.1 Å². The molecule has 2 aliphatic heterocycles. The third-order valence-electron chi connectivity index (χ3n) is 5.12. The average molecular weight is 353 g/mol. The summed E-state index contributed by atoms with van der Waals surface area (Å²) in [7, 11) is 0. The molecule has 2 unspecified atom stereocenters. The zero-order valence-electron chi connectivity index (χ0n) is 14.1. The Morgan fingerprint density at radius 2 is 1.92 bits per heavy atom. The Labute approximate surface area is 140 Å². The van der Waals surface area contributed by atoms with E-state index in [0.717, 1.165) is 25.9 Å². The summed E-state index contributed by atoms with van der Waals surface area (Å²) in [5, 5.41) is 3.34. The molecule has 0 saturated carbocycles. The molecule has 2 fully saturated rings. The summed E-state index contributed by atoms with van der Waals surface area (Å²) in [6.07, 6.45) is -0.945. The maximum Gasteiger partial charge on any atom is 0.319 e. The van der Waals surface area contributed by atoms with Crippen LogP contribution >= 0.6 is 0 Å². The second kappa shape index (κ2) is 8.47. The number of amides is 1. The number of nitrogens with zero attached hydrogens (tertiary/aromatic N) is 2. The summed E-state index contributed by atoms with van der Waals surface area (Å²) in [4.78, 5) is 15.4. The Morgan fingerprint density at radius 3 is 2.46 bits per heavy atom. The normalized spacial score (nSPS) is 25.1. The zero-order valence-corrected chi connectivity index (χ0v) is 14.1. The molecule has 0 aromatic carbocycles. The first kappa shape index (κ1) is 19.4. The highest BCUT2D eigenvalue weighted by molar-refractivity contribution is 5.76. The van der Waals surface area contributed by atoms with Crippen molar-refractivity contribution in [2.45, 2.75) is 38.5 Å². The quantitative estimate of drug-likeness (QED) is 0.743. The maximum absolute atomic E-state index is 13.1. The first-order valence-corrected chi connectivity index (χ1v) is 8.66. The van der Waals surface area contributed by atoms with Crippen LogP contribution in [0.2, 0.25) is 0 Å². The van der Waals surface area contributed by atoms with Gasteiger partial charge in [0, 0.05) is 32.6 Å². The molecule has 0 bridgehead atoms. The van der Waals surface area contributed by atoms with Gasteiger partial charge < -0.3 is 10.2 Å². The van der Waals surface area contributed by atoms with Crippen molar-refractivity contribution in [3.05, 3.63) is 0 Å². The van der Waals surface area contributed by atoms with Crippen LogP contribution in [0, 0.1) is 11.8 Å². The predicted octanol–water partition coefficient (Wildman–Crippen LogP) is 2.06. The molecule has 0 radical (unpaired) electrons. The second-order valence-electron chi connectivity index (χ2n) is 7.01. The van der Waals surface area contributed by atoms with Gasteiger partial charge in [-0.3, -0.25) is 9.69 Å². The van der Waals surface area contributed by atoms with Gasteiger partial charge in [-0.25, -0.2) is 8.78 Å². The Balaban J connectivity index is 1.74. The molecule has 2 heterocycles. The van der Waals surface area contributed by atoms with E-state index in [4.69, 9.17) is 0 Å². The molecule has 0 aromatic heterocycles. The lowest BCUT2D eigenvalue weighted by Gasteiger charge is -2.37. The van der Waals surface area contributed by atoms with Gasteiger partial charge in [0.2, 0.25) is 5.91 Å². The monoisotopic (exact) mass is 353 g/mol. The number of rotatable bonds is 6. The van der Waals surface area contributed by atoms with Crippen LogP contribution < -0.4 is 5.32 Å². The van der Waals surface area contributed by atoms with Gasteiger partial charge >= 0.3 is 12.3 Å². The van der Waals surface area contributed by atoms with Gasteiger partial charge in [0.05, 0.1) is 6.54 Å².